The molecule has 0 saturated carbocycles. The second kappa shape index (κ2) is 10.9. The van der Waals surface area contributed by atoms with E-state index in [1.165, 1.54) is 7.11 Å². The smallest absolute Gasteiger partial charge is 0.249 e. The third-order valence-corrected chi connectivity index (χ3v) is 5.69. The van der Waals surface area contributed by atoms with E-state index >= 15 is 0 Å². The Hall–Kier alpha value is -3.00. The first-order chi connectivity index (χ1) is 15.0. The van der Waals surface area contributed by atoms with Crippen molar-refractivity contribution in [1.29, 1.82) is 0 Å². The monoisotopic (exact) mass is 425 g/mol. The number of piperazine rings is 1. The number of aromatic nitrogens is 2. The lowest BCUT2D eigenvalue weighted by Crippen LogP contribution is -2.53. The summed E-state index contributed by atoms with van der Waals surface area (Å²) in [5.41, 5.74) is 1.87. The van der Waals surface area contributed by atoms with Crippen LogP contribution in [0.15, 0.2) is 42.5 Å². The van der Waals surface area contributed by atoms with Crippen LogP contribution in [0.25, 0.3) is 11.3 Å². The van der Waals surface area contributed by atoms with Crippen molar-refractivity contribution in [3.05, 3.63) is 42.5 Å². The van der Waals surface area contributed by atoms with Crippen LogP contribution in [0.3, 0.4) is 0 Å². The van der Waals surface area contributed by atoms with Gasteiger partial charge in [0.05, 0.1) is 5.69 Å². The van der Waals surface area contributed by atoms with Crippen LogP contribution in [-0.2, 0) is 14.3 Å². The van der Waals surface area contributed by atoms with Crippen LogP contribution in [0.1, 0.15) is 20.3 Å². The zero-order valence-corrected chi connectivity index (χ0v) is 18.5. The minimum atomic E-state index is -0.155. The van der Waals surface area contributed by atoms with Crippen LogP contribution < -0.4 is 4.90 Å². The van der Waals surface area contributed by atoms with Crippen molar-refractivity contribution in [2.45, 2.75) is 26.3 Å². The number of methoxy groups -OCH3 is 1. The number of benzene rings is 1. The molecule has 8 heteroatoms. The number of amides is 2. The van der Waals surface area contributed by atoms with Crippen LogP contribution in [-0.4, -0.2) is 84.3 Å². The maximum atomic E-state index is 12.8. The average Bonchev–Trinajstić information content (AvgIpc) is 2.83. The van der Waals surface area contributed by atoms with Crippen LogP contribution in [0.2, 0.25) is 0 Å². The Labute approximate surface area is 183 Å². The molecule has 1 aromatic heterocycles. The van der Waals surface area contributed by atoms with Crippen LogP contribution in [0.4, 0.5) is 5.82 Å². The summed E-state index contributed by atoms with van der Waals surface area (Å²) in [4.78, 5) is 30.7. The lowest BCUT2D eigenvalue weighted by molar-refractivity contribution is -0.144. The standard InChI is InChI=1S/C23H31N5O3/c1-4-18(2)28(23(30)17-31-3)16-22(29)27-14-12-26(13-15-27)21-11-10-20(24-25-21)19-8-6-5-7-9-19/h5-11,18H,4,12-17H2,1-3H3/t18-/m0/s1. The van der Waals surface area contributed by atoms with Crippen molar-refractivity contribution in [3.8, 4) is 11.3 Å². The molecule has 1 aromatic carbocycles. The first-order valence-electron chi connectivity index (χ1n) is 10.7. The molecule has 1 atom stereocenters. The van der Waals surface area contributed by atoms with E-state index in [2.05, 4.69) is 15.1 Å². The van der Waals surface area contributed by atoms with Gasteiger partial charge < -0.3 is 19.4 Å². The Morgan fingerprint density at radius 2 is 1.77 bits per heavy atom. The molecule has 0 aliphatic carbocycles. The summed E-state index contributed by atoms with van der Waals surface area (Å²) in [5, 5.41) is 8.74. The predicted molar refractivity (Wildman–Crippen MR) is 120 cm³/mol. The maximum Gasteiger partial charge on any atom is 0.249 e. The first-order valence-corrected chi connectivity index (χ1v) is 10.7. The lowest BCUT2D eigenvalue weighted by atomic mass is 10.1. The first kappa shape index (κ1) is 22.7. The highest BCUT2D eigenvalue weighted by Gasteiger charge is 2.27. The van der Waals surface area contributed by atoms with Crippen LogP contribution in [0.5, 0.6) is 0 Å². The number of rotatable bonds is 8. The summed E-state index contributed by atoms with van der Waals surface area (Å²) in [5.74, 6) is 0.621. The quantitative estimate of drug-likeness (QED) is 0.644. The topological polar surface area (TPSA) is 78.9 Å². The fraction of sp³-hybridized carbons (Fsp3) is 0.478. The van der Waals surface area contributed by atoms with Gasteiger partial charge in [0.1, 0.15) is 13.2 Å². The van der Waals surface area contributed by atoms with Crippen molar-refractivity contribution in [3.63, 3.8) is 0 Å². The van der Waals surface area contributed by atoms with E-state index in [9.17, 15) is 9.59 Å². The lowest BCUT2D eigenvalue weighted by Gasteiger charge is -2.37. The van der Waals surface area contributed by atoms with E-state index in [1.54, 1.807) is 4.90 Å². The van der Waals surface area contributed by atoms with E-state index in [1.807, 2.05) is 61.2 Å². The molecule has 31 heavy (non-hydrogen) atoms. The average molecular weight is 426 g/mol. The van der Waals surface area contributed by atoms with Gasteiger partial charge in [-0.3, -0.25) is 9.59 Å². The molecule has 2 aromatic rings. The SMILES string of the molecule is CC[C@H](C)N(CC(=O)N1CCN(c2ccc(-c3ccccc3)nn2)CC1)C(=O)COC. The number of carbonyl (C=O) groups is 2. The molecular formula is C23H31N5O3. The summed E-state index contributed by atoms with van der Waals surface area (Å²) in [7, 11) is 1.49. The molecule has 0 bridgehead atoms. The minimum Gasteiger partial charge on any atom is -0.375 e. The molecule has 1 saturated heterocycles. The minimum absolute atomic E-state index is 0.00806. The van der Waals surface area contributed by atoms with Crippen LogP contribution >= 0.6 is 0 Å². The number of carbonyl (C=O) groups excluding carboxylic acids is 2. The van der Waals surface area contributed by atoms with E-state index in [0.29, 0.717) is 26.2 Å². The molecule has 3 rings (SSSR count). The second-order valence-electron chi connectivity index (χ2n) is 7.72. The van der Waals surface area contributed by atoms with E-state index < -0.39 is 0 Å². The fourth-order valence-corrected chi connectivity index (χ4v) is 3.60. The largest absolute Gasteiger partial charge is 0.375 e. The highest BCUT2D eigenvalue weighted by Crippen LogP contribution is 2.19. The predicted octanol–water partition coefficient (Wildman–Crippen LogP) is 2.07. The Morgan fingerprint density at radius 3 is 2.35 bits per heavy atom. The Kier molecular flexibility index (Phi) is 7.94. The highest BCUT2D eigenvalue weighted by atomic mass is 16.5. The summed E-state index contributed by atoms with van der Waals surface area (Å²) in [6.45, 7) is 6.58. The van der Waals surface area contributed by atoms with E-state index in [0.717, 1.165) is 23.5 Å². The van der Waals surface area contributed by atoms with Crippen molar-refractivity contribution in [2.24, 2.45) is 0 Å². The molecule has 0 radical (unpaired) electrons. The van der Waals surface area contributed by atoms with E-state index in [4.69, 9.17) is 4.74 Å². The molecular weight excluding hydrogens is 394 g/mol. The number of nitrogens with zero attached hydrogens (tertiary/aromatic N) is 5. The molecule has 2 amide bonds. The molecule has 166 valence electrons. The maximum absolute atomic E-state index is 12.8. The van der Waals surface area contributed by atoms with Gasteiger partial charge in [-0.1, -0.05) is 37.3 Å². The van der Waals surface area contributed by atoms with Gasteiger partial charge in [0.25, 0.3) is 0 Å². The summed E-state index contributed by atoms with van der Waals surface area (Å²) in [6.07, 6.45) is 0.786. The highest BCUT2D eigenvalue weighted by molar-refractivity contribution is 5.85. The third-order valence-electron chi connectivity index (χ3n) is 5.69. The molecule has 0 unspecified atom stereocenters. The normalized spacial score (nSPS) is 14.9. The molecule has 0 spiro atoms. The van der Waals surface area contributed by atoms with E-state index in [-0.39, 0.29) is 31.0 Å². The Morgan fingerprint density at radius 1 is 1.06 bits per heavy atom. The van der Waals surface area contributed by atoms with Crippen LogP contribution in [0, 0.1) is 0 Å². The molecule has 1 aliphatic heterocycles. The number of anilines is 1. The van der Waals surface area contributed by atoms with Gasteiger partial charge in [-0.25, -0.2) is 0 Å². The van der Waals surface area contributed by atoms with Crippen molar-refractivity contribution < 1.29 is 14.3 Å². The van der Waals surface area contributed by atoms with Crippen molar-refractivity contribution >= 4 is 17.6 Å². The van der Waals surface area contributed by atoms with Gasteiger partial charge in [0, 0.05) is 44.9 Å². The van der Waals surface area contributed by atoms with Crippen molar-refractivity contribution in [2.75, 3.05) is 51.3 Å². The zero-order chi connectivity index (χ0) is 22.2. The molecule has 2 heterocycles. The number of hydrogen-bond acceptors (Lipinski definition) is 6. The van der Waals surface area contributed by atoms with Gasteiger partial charge in [0.2, 0.25) is 11.8 Å². The third kappa shape index (κ3) is 5.79. The molecule has 0 N–H and O–H groups in total. The Bertz CT molecular complexity index is 851. The molecule has 1 fully saturated rings. The number of hydrogen-bond donors (Lipinski definition) is 0. The Balaban J connectivity index is 1.56. The zero-order valence-electron chi connectivity index (χ0n) is 18.5. The van der Waals surface area contributed by atoms with Crippen molar-refractivity contribution in [1.82, 2.24) is 20.0 Å². The van der Waals surface area contributed by atoms with Gasteiger partial charge in [-0.05, 0) is 25.5 Å². The van der Waals surface area contributed by atoms with Gasteiger partial charge in [-0.15, -0.1) is 10.2 Å². The second-order valence-corrected chi connectivity index (χ2v) is 7.72. The summed E-state index contributed by atoms with van der Waals surface area (Å²) in [6, 6.07) is 13.9. The molecule has 8 nitrogen and oxygen atoms in total. The van der Waals surface area contributed by atoms with Gasteiger partial charge >= 0.3 is 0 Å². The van der Waals surface area contributed by atoms with Gasteiger partial charge in [0.15, 0.2) is 5.82 Å². The van der Waals surface area contributed by atoms with Gasteiger partial charge in [-0.2, -0.15) is 0 Å². The number of ether oxygens (including phenoxy) is 1. The molecule has 1 aliphatic rings. The summed E-state index contributed by atoms with van der Waals surface area (Å²) < 4.78 is 4.97. The fourth-order valence-electron chi connectivity index (χ4n) is 3.60. The summed E-state index contributed by atoms with van der Waals surface area (Å²) >= 11 is 0.